The molecule has 1 amide bonds. The summed E-state index contributed by atoms with van der Waals surface area (Å²) in [4.78, 5) is 13.7. The van der Waals surface area contributed by atoms with Crippen molar-refractivity contribution in [2.75, 3.05) is 18.4 Å². The highest BCUT2D eigenvalue weighted by Crippen LogP contribution is 2.21. The number of hydrogen-bond donors (Lipinski definition) is 1. The maximum absolute atomic E-state index is 12.0. The molecule has 0 bridgehead atoms. The van der Waals surface area contributed by atoms with Crippen molar-refractivity contribution in [3.8, 4) is 0 Å². The fourth-order valence-electron chi connectivity index (χ4n) is 2.18. The third-order valence-electron chi connectivity index (χ3n) is 3.04. The van der Waals surface area contributed by atoms with Crippen LogP contribution in [-0.4, -0.2) is 35.7 Å². The lowest BCUT2D eigenvalue weighted by Crippen LogP contribution is -2.36. The van der Waals surface area contributed by atoms with E-state index in [1.54, 1.807) is 4.90 Å². The Bertz CT molecular complexity index is 485. The van der Waals surface area contributed by atoms with Crippen LogP contribution in [0.5, 0.6) is 0 Å². The molecule has 1 heterocycles. The summed E-state index contributed by atoms with van der Waals surface area (Å²) >= 11 is 3.46. The van der Waals surface area contributed by atoms with Gasteiger partial charge in [0.1, 0.15) is 5.60 Å². The Labute approximate surface area is 128 Å². The van der Waals surface area contributed by atoms with Crippen molar-refractivity contribution in [2.24, 2.45) is 0 Å². The third-order valence-corrected chi connectivity index (χ3v) is 3.53. The van der Waals surface area contributed by atoms with Gasteiger partial charge in [0.05, 0.1) is 0 Å². The van der Waals surface area contributed by atoms with E-state index in [1.807, 2.05) is 45.0 Å². The van der Waals surface area contributed by atoms with E-state index in [1.165, 1.54) is 0 Å². The highest BCUT2D eigenvalue weighted by atomic mass is 79.9. The van der Waals surface area contributed by atoms with Crippen LogP contribution in [0.1, 0.15) is 27.2 Å². The standard InChI is InChI=1S/C15H21BrN2O2/c1-15(2,3)20-14(19)18-8-7-13(10-18)17-12-6-4-5-11(16)9-12/h4-6,9,13,17H,7-8,10H2,1-3H3. The number of amides is 1. The van der Waals surface area contributed by atoms with Gasteiger partial charge in [0.15, 0.2) is 0 Å². The second-order valence-corrected chi connectivity index (χ2v) is 6.98. The molecule has 1 aliphatic heterocycles. The van der Waals surface area contributed by atoms with Crippen molar-refractivity contribution >= 4 is 27.7 Å². The van der Waals surface area contributed by atoms with Gasteiger partial charge in [-0.3, -0.25) is 0 Å². The lowest BCUT2D eigenvalue weighted by Gasteiger charge is -2.24. The number of nitrogens with one attached hydrogen (secondary N) is 1. The SMILES string of the molecule is CC(C)(C)OC(=O)N1CCC(Nc2cccc(Br)c2)C1. The zero-order valence-corrected chi connectivity index (χ0v) is 13.7. The molecule has 1 aliphatic rings. The molecule has 1 atom stereocenters. The second kappa shape index (κ2) is 6.04. The average molecular weight is 341 g/mol. The number of anilines is 1. The predicted octanol–water partition coefficient (Wildman–Crippen LogP) is 3.87. The fraction of sp³-hybridized carbons (Fsp3) is 0.533. The number of nitrogens with zero attached hydrogens (tertiary/aromatic N) is 1. The zero-order valence-electron chi connectivity index (χ0n) is 12.1. The van der Waals surface area contributed by atoms with Crippen LogP contribution in [0.25, 0.3) is 0 Å². The minimum Gasteiger partial charge on any atom is -0.444 e. The molecule has 20 heavy (non-hydrogen) atoms. The van der Waals surface area contributed by atoms with E-state index in [0.717, 1.165) is 23.1 Å². The average Bonchev–Trinajstić information content (AvgIpc) is 2.75. The van der Waals surface area contributed by atoms with Gasteiger partial charge in [-0.05, 0) is 45.4 Å². The van der Waals surface area contributed by atoms with Crippen molar-refractivity contribution < 1.29 is 9.53 Å². The van der Waals surface area contributed by atoms with Gasteiger partial charge in [0.25, 0.3) is 0 Å². The highest BCUT2D eigenvalue weighted by molar-refractivity contribution is 9.10. The third kappa shape index (κ3) is 4.40. The van der Waals surface area contributed by atoms with E-state index < -0.39 is 5.60 Å². The van der Waals surface area contributed by atoms with Crippen molar-refractivity contribution in [2.45, 2.75) is 38.8 Å². The topological polar surface area (TPSA) is 41.6 Å². The van der Waals surface area contributed by atoms with Crippen LogP contribution in [0.4, 0.5) is 10.5 Å². The Kier molecular flexibility index (Phi) is 4.58. The summed E-state index contributed by atoms with van der Waals surface area (Å²) in [5.74, 6) is 0. The molecule has 1 aromatic rings. The van der Waals surface area contributed by atoms with Crippen molar-refractivity contribution in [3.63, 3.8) is 0 Å². The molecule has 0 aliphatic carbocycles. The van der Waals surface area contributed by atoms with E-state index in [2.05, 4.69) is 21.2 Å². The number of carbonyl (C=O) groups excluding carboxylic acids is 1. The number of benzene rings is 1. The quantitative estimate of drug-likeness (QED) is 0.888. The van der Waals surface area contributed by atoms with Crippen LogP contribution in [0, 0.1) is 0 Å². The maximum Gasteiger partial charge on any atom is 0.410 e. The molecule has 1 saturated heterocycles. The summed E-state index contributed by atoms with van der Waals surface area (Å²) in [6.45, 7) is 7.08. The predicted molar refractivity (Wildman–Crippen MR) is 84.0 cm³/mol. The lowest BCUT2D eigenvalue weighted by molar-refractivity contribution is 0.0293. The second-order valence-electron chi connectivity index (χ2n) is 6.07. The molecule has 5 heteroatoms. The van der Waals surface area contributed by atoms with Crippen LogP contribution in [-0.2, 0) is 4.74 Å². The summed E-state index contributed by atoms with van der Waals surface area (Å²) < 4.78 is 6.44. The molecule has 110 valence electrons. The van der Waals surface area contributed by atoms with Crippen LogP contribution in [0.3, 0.4) is 0 Å². The Morgan fingerprint density at radius 1 is 1.45 bits per heavy atom. The zero-order chi connectivity index (χ0) is 14.8. The molecule has 1 aromatic carbocycles. The number of carbonyl (C=O) groups is 1. The van der Waals surface area contributed by atoms with Crippen LogP contribution in [0.15, 0.2) is 28.7 Å². The summed E-state index contributed by atoms with van der Waals surface area (Å²) in [6.07, 6.45) is 0.710. The summed E-state index contributed by atoms with van der Waals surface area (Å²) in [7, 11) is 0. The van der Waals surface area contributed by atoms with Crippen molar-refractivity contribution in [1.82, 2.24) is 4.90 Å². The first-order valence-corrected chi connectivity index (χ1v) is 7.63. The molecule has 1 unspecified atom stereocenters. The van der Waals surface area contributed by atoms with E-state index in [0.29, 0.717) is 6.54 Å². The van der Waals surface area contributed by atoms with Crippen molar-refractivity contribution in [3.05, 3.63) is 28.7 Å². The summed E-state index contributed by atoms with van der Waals surface area (Å²) in [5, 5.41) is 3.45. The molecule has 0 radical (unpaired) electrons. The Morgan fingerprint density at radius 3 is 2.85 bits per heavy atom. The Morgan fingerprint density at radius 2 is 2.20 bits per heavy atom. The monoisotopic (exact) mass is 340 g/mol. The number of ether oxygens (including phenoxy) is 1. The minimum absolute atomic E-state index is 0.226. The van der Waals surface area contributed by atoms with Gasteiger partial charge in [-0.25, -0.2) is 4.79 Å². The summed E-state index contributed by atoms with van der Waals surface area (Å²) in [5.41, 5.74) is 0.628. The van der Waals surface area contributed by atoms with Gasteiger partial charge < -0.3 is 15.0 Å². The van der Waals surface area contributed by atoms with Crippen LogP contribution < -0.4 is 5.32 Å². The first kappa shape index (κ1) is 15.2. The van der Waals surface area contributed by atoms with E-state index in [-0.39, 0.29) is 12.1 Å². The van der Waals surface area contributed by atoms with E-state index in [9.17, 15) is 4.79 Å². The molecule has 0 saturated carbocycles. The van der Waals surface area contributed by atoms with Gasteiger partial charge >= 0.3 is 6.09 Å². The lowest BCUT2D eigenvalue weighted by atomic mass is 10.2. The number of halogens is 1. The highest BCUT2D eigenvalue weighted by Gasteiger charge is 2.29. The van der Waals surface area contributed by atoms with Crippen molar-refractivity contribution in [1.29, 1.82) is 0 Å². The first-order valence-electron chi connectivity index (χ1n) is 6.83. The molecule has 1 N–H and O–H groups in total. The number of hydrogen-bond acceptors (Lipinski definition) is 3. The fourth-order valence-corrected chi connectivity index (χ4v) is 2.58. The Hall–Kier alpha value is -1.23. The molecule has 4 nitrogen and oxygen atoms in total. The van der Waals surface area contributed by atoms with Gasteiger partial charge in [-0.2, -0.15) is 0 Å². The van der Waals surface area contributed by atoms with Crippen LogP contribution in [0.2, 0.25) is 0 Å². The number of rotatable bonds is 2. The van der Waals surface area contributed by atoms with E-state index in [4.69, 9.17) is 4.74 Å². The molecule has 0 spiro atoms. The minimum atomic E-state index is -0.438. The summed E-state index contributed by atoms with van der Waals surface area (Å²) in [6, 6.07) is 8.33. The maximum atomic E-state index is 12.0. The molecular formula is C15H21BrN2O2. The van der Waals surface area contributed by atoms with Gasteiger partial charge in [0, 0.05) is 29.3 Å². The van der Waals surface area contributed by atoms with Gasteiger partial charge in [-0.15, -0.1) is 0 Å². The molecule has 0 aromatic heterocycles. The first-order chi connectivity index (χ1) is 9.33. The normalized spacial score (nSPS) is 19.0. The Balaban J connectivity index is 1.88. The van der Waals surface area contributed by atoms with Gasteiger partial charge in [-0.1, -0.05) is 22.0 Å². The molecule has 1 fully saturated rings. The van der Waals surface area contributed by atoms with Crippen LogP contribution >= 0.6 is 15.9 Å². The number of likely N-dealkylation sites (tertiary alicyclic amines) is 1. The molecule has 2 rings (SSSR count). The largest absolute Gasteiger partial charge is 0.444 e. The van der Waals surface area contributed by atoms with E-state index >= 15 is 0 Å². The smallest absolute Gasteiger partial charge is 0.410 e. The molecular weight excluding hydrogens is 320 g/mol. The van der Waals surface area contributed by atoms with Gasteiger partial charge in [0.2, 0.25) is 0 Å².